The van der Waals surface area contributed by atoms with Gasteiger partial charge in [0.2, 0.25) is 0 Å². The molecular formula is C23H32O4. The lowest BCUT2D eigenvalue weighted by atomic mass is 9.46. The van der Waals surface area contributed by atoms with Crippen LogP contribution in [0.2, 0.25) is 0 Å². The minimum Gasteiger partial charge on any atom is -0.458 e. The molecule has 0 amide bonds. The summed E-state index contributed by atoms with van der Waals surface area (Å²) in [4.78, 5) is 36.2. The minimum atomic E-state index is -0.281. The van der Waals surface area contributed by atoms with Gasteiger partial charge < -0.3 is 4.74 Å². The van der Waals surface area contributed by atoms with E-state index in [4.69, 9.17) is 4.74 Å². The molecule has 148 valence electrons. The van der Waals surface area contributed by atoms with Crippen LogP contribution in [0.5, 0.6) is 0 Å². The maximum absolute atomic E-state index is 12.3. The van der Waals surface area contributed by atoms with Gasteiger partial charge in [0.25, 0.3) is 0 Å². The highest BCUT2D eigenvalue weighted by Crippen LogP contribution is 2.66. The zero-order chi connectivity index (χ0) is 19.6. The van der Waals surface area contributed by atoms with Crippen LogP contribution in [-0.2, 0) is 19.1 Å². The molecule has 0 radical (unpaired) electrons. The number of carbonyl (C=O) groups is 3. The average Bonchev–Trinajstić information content (AvgIpc) is 2.93. The smallest absolute Gasteiger partial charge is 0.303 e. The molecule has 0 unspecified atom stereocenters. The summed E-state index contributed by atoms with van der Waals surface area (Å²) < 4.78 is 5.75. The van der Waals surface area contributed by atoms with Crippen LogP contribution in [0.25, 0.3) is 0 Å². The zero-order valence-corrected chi connectivity index (χ0v) is 17.0. The molecule has 0 aromatic heterocycles. The highest BCUT2D eigenvalue weighted by molar-refractivity contribution is 5.92. The van der Waals surface area contributed by atoms with Gasteiger partial charge in [0.15, 0.2) is 5.78 Å². The molecule has 0 spiro atoms. The number of Topliss-reactive ketones (excluding diaryl/α,β-unsaturated/α-hetero) is 1. The molecule has 3 fully saturated rings. The van der Waals surface area contributed by atoms with Crippen LogP contribution in [0.15, 0.2) is 11.6 Å². The fourth-order valence-corrected chi connectivity index (χ4v) is 7.56. The molecule has 4 aliphatic carbocycles. The molecule has 7 atom stereocenters. The first-order valence-electron chi connectivity index (χ1n) is 10.6. The Kier molecular flexibility index (Phi) is 4.40. The molecule has 0 aromatic rings. The lowest BCUT2D eigenvalue weighted by molar-refractivity contribution is -0.153. The second-order valence-corrected chi connectivity index (χ2v) is 9.98. The van der Waals surface area contributed by atoms with Gasteiger partial charge in [-0.3, -0.25) is 14.4 Å². The van der Waals surface area contributed by atoms with Gasteiger partial charge in [-0.05, 0) is 85.7 Å². The molecule has 0 bridgehead atoms. The van der Waals surface area contributed by atoms with Crippen LogP contribution in [0, 0.1) is 34.5 Å². The van der Waals surface area contributed by atoms with Crippen LogP contribution < -0.4 is 0 Å². The van der Waals surface area contributed by atoms with Crippen molar-refractivity contribution in [3.8, 4) is 0 Å². The average molecular weight is 373 g/mol. The van der Waals surface area contributed by atoms with E-state index < -0.39 is 0 Å². The summed E-state index contributed by atoms with van der Waals surface area (Å²) in [5.41, 5.74) is 1.07. The number of carbonyl (C=O) groups excluding carboxylic acids is 3. The van der Waals surface area contributed by atoms with E-state index in [-0.39, 0.29) is 34.6 Å². The fraction of sp³-hybridized carbons (Fsp3) is 0.783. The lowest BCUT2D eigenvalue weighted by Crippen LogP contribution is -2.54. The Balaban J connectivity index is 1.73. The molecule has 0 N–H and O–H groups in total. The lowest BCUT2D eigenvalue weighted by Gasteiger charge is -2.59. The number of esters is 1. The number of fused-ring (bicyclic) bond motifs is 5. The highest BCUT2D eigenvalue weighted by Gasteiger charge is 2.61. The first-order valence-corrected chi connectivity index (χ1v) is 10.6. The van der Waals surface area contributed by atoms with Crippen molar-refractivity contribution in [1.29, 1.82) is 0 Å². The van der Waals surface area contributed by atoms with Crippen molar-refractivity contribution < 1.29 is 19.1 Å². The van der Waals surface area contributed by atoms with Crippen molar-refractivity contribution in [3.05, 3.63) is 11.6 Å². The fourth-order valence-electron chi connectivity index (χ4n) is 7.56. The van der Waals surface area contributed by atoms with Gasteiger partial charge >= 0.3 is 5.97 Å². The zero-order valence-electron chi connectivity index (χ0n) is 17.0. The van der Waals surface area contributed by atoms with Crippen LogP contribution >= 0.6 is 0 Å². The third kappa shape index (κ3) is 2.74. The molecule has 0 aromatic carbocycles. The van der Waals surface area contributed by atoms with Crippen molar-refractivity contribution in [2.75, 3.05) is 0 Å². The first kappa shape index (κ1) is 18.9. The third-order valence-electron chi connectivity index (χ3n) is 8.75. The van der Waals surface area contributed by atoms with Crippen LogP contribution in [0.1, 0.15) is 72.6 Å². The predicted molar refractivity (Wildman–Crippen MR) is 102 cm³/mol. The summed E-state index contributed by atoms with van der Waals surface area (Å²) in [6.07, 6.45) is 8.06. The van der Waals surface area contributed by atoms with Gasteiger partial charge in [-0.2, -0.15) is 0 Å². The maximum Gasteiger partial charge on any atom is 0.303 e. The van der Waals surface area contributed by atoms with Gasteiger partial charge in [-0.25, -0.2) is 0 Å². The molecular weight excluding hydrogens is 340 g/mol. The molecule has 4 nitrogen and oxygen atoms in total. The van der Waals surface area contributed by atoms with E-state index in [1.807, 2.05) is 0 Å². The monoisotopic (exact) mass is 372 g/mol. The number of ether oxygens (including phenoxy) is 1. The SMILES string of the molecule is CC(=O)O[C@@H]1C[C@@H]2[C@H]3CC[C@@H](C(C)=O)[C@]3(C)CC[C@H]2[C@@]2(C)CCC(=O)C=C12. The summed E-state index contributed by atoms with van der Waals surface area (Å²) in [5, 5.41) is 0. The summed E-state index contributed by atoms with van der Waals surface area (Å²) >= 11 is 0. The van der Waals surface area contributed by atoms with Crippen molar-refractivity contribution in [2.45, 2.75) is 78.7 Å². The van der Waals surface area contributed by atoms with E-state index in [0.29, 0.717) is 30.0 Å². The largest absolute Gasteiger partial charge is 0.458 e. The first-order chi connectivity index (χ1) is 12.7. The van der Waals surface area contributed by atoms with Crippen LogP contribution in [0.3, 0.4) is 0 Å². The Labute approximate surface area is 162 Å². The third-order valence-corrected chi connectivity index (χ3v) is 8.75. The van der Waals surface area contributed by atoms with Gasteiger partial charge in [0.05, 0.1) is 0 Å². The highest BCUT2D eigenvalue weighted by atomic mass is 16.5. The normalized spacial score (nSPS) is 46.0. The quantitative estimate of drug-likeness (QED) is 0.679. The van der Waals surface area contributed by atoms with Crippen molar-refractivity contribution >= 4 is 17.5 Å². The van der Waals surface area contributed by atoms with Gasteiger partial charge in [0, 0.05) is 19.3 Å². The van der Waals surface area contributed by atoms with Gasteiger partial charge in [-0.15, -0.1) is 0 Å². The van der Waals surface area contributed by atoms with E-state index in [0.717, 1.165) is 44.1 Å². The van der Waals surface area contributed by atoms with E-state index in [9.17, 15) is 14.4 Å². The Morgan fingerprint density at radius 1 is 1.07 bits per heavy atom. The topological polar surface area (TPSA) is 60.4 Å². The van der Waals surface area contributed by atoms with E-state index in [2.05, 4.69) is 13.8 Å². The Hall–Kier alpha value is -1.45. The van der Waals surface area contributed by atoms with Crippen molar-refractivity contribution in [2.24, 2.45) is 34.5 Å². The summed E-state index contributed by atoms with van der Waals surface area (Å²) in [5.74, 6) is 1.90. The molecule has 0 saturated heterocycles. The Morgan fingerprint density at radius 3 is 2.48 bits per heavy atom. The molecule has 4 rings (SSSR count). The van der Waals surface area contributed by atoms with E-state index in [1.54, 1.807) is 13.0 Å². The molecule has 4 heteroatoms. The predicted octanol–water partition coefficient (Wildman–Crippen LogP) is 4.27. The van der Waals surface area contributed by atoms with E-state index in [1.165, 1.54) is 6.92 Å². The number of ketones is 2. The van der Waals surface area contributed by atoms with Crippen LogP contribution in [0.4, 0.5) is 0 Å². The molecule has 27 heavy (non-hydrogen) atoms. The summed E-state index contributed by atoms with van der Waals surface area (Å²) in [6, 6.07) is 0. The van der Waals surface area contributed by atoms with Gasteiger partial charge in [-0.1, -0.05) is 13.8 Å². The summed E-state index contributed by atoms with van der Waals surface area (Å²) in [7, 11) is 0. The Bertz CT molecular complexity index is 722. The molecule has 4 aliphatic rings. The Morgan fingerprint density at radius 2 is 1.81 bits per heavy atom. The molecule has 0 heterocycles. The van der Waals surface area contributed by atoms with Crippen molar-refractivity contribution in [3.63, 3.8) is 0 Å². The standard InChI is InChI=1S/C23H32O4/c1-13(24)17-5-6-18-16-12-21(27-14(2)25)20-11-15(26)7-9-23(20,4)19(16)8-10-22(17,18)3/h11,16-19,21H,5-10,12H2,1-4H3/t16-,17+,18-,19-,21-,22+,23-/m1/s1. The van der Waals surface area contributed by atoms with Crippen LogP contribution in [-0.4, -0.2) is 23.6 Å². The second kappa shape index (κ2) is 6.28. The second-order valence-electron chi connectivity index (χ2n) is 9.98. The molecule has 0 aliphatic heterocycles. The van der Waals surface area contributed by atoms with Crippen molar-refractivity contribution in [1.82, 2.24) is 0 Å². The minimum absolute atomic E-state index is 0.0629. The number of hydrogen-bond donors (Lipinski definition) is 0. The van der Waals surface area contributed by atoms with E-state index >= 15 is 0 Å². The number of rotatable bonds is 2. The summed E-state index contributed by atoms with van der Waals surface area (Å²) in [6.45, 7) is 7.83. The van der Waals surface area contributed by atoms with Gasteiger partial charge in [0.1, 0.15) is 11.9 Å². The molecule has 3 saturated carbocycles. The number of hydrogen-bond acceptors (Lipinski definition) is 4. The maximum atomic E-state index is 12.3.